The molecule has 0 saturated carbocycles. The average molecular weight is 432 g/mol. The molecule has 0 aliphatic rings. The van der Waals surface area contributed by atoms with Gasteiger partial charge in [-0.05, 0) is 29.8 Å². The van der Waals surface area contributed by atoms with Gasteiger partial charge in [-0.25, -0.2) is 0 Å². The summed E-state index contributed by atoms with van der Waals surface area (Å²) in [4.78, 5) is 35.4. The number of hydrogen-bond acceptors (Lipinski definition) is 5. The van der Waals surface area contributed by atoms with Crippen LogP contribution in [0.3, 0.4) is 0 Å². The van der Waals surface area contributed by atoms with Gasteiger partial charge < -0.3 is 16.0 Å². The molecule has 3 N–H and O–H groups in total. The van der Waals surface area contributed by atoms with E-state index in [0.29, 0.717) is 18.7 Å². The molecule has 3 rings (SSSR count). The Labute approximate surface area is 185 Å². The lowest BCUT2D eigenvalue weighted by molar-refractivity contribution is -0.384. The van der Waals surface area contributed by atoms with Crippen molar-refractivity contribution in [2.24, 2.45) is 0 Å². The van der Waals surface area contributed by atoms with Crippen molar-refractivity contribution in [3.8, 4) is 0 Å². The summed E-state index contributed by atoms with van der Waals surface area (Å²) in [6.45, 7) is 0.819. The van der Waals surface area contributed by atoms with E-state index < -0.39 is 11.0 Å². The zero-order chi connectivity index (χ0) is 22.8. The van der Waals surface area contributed by atoms with E-state index in [1.165, 1.54) is 12.1 Å². The average Bonchev–Trinajstić information content (AvgIpc) is 2.83. The van der Waals surface area contributed by atoms with Crippen LogP contribution < -0.4 is 16.0 Å². The maximum Gasteiger partial charge on any atom is 0.269 e. The Morgan fingerprint density at radius 3 is 2.09 bits per heavy atom. The Hall–Kier alpha value is -4.20. The zero-order valence-corrected chi connectivity index (χ0v) is 17.4. The number of nitro groups is 1. The summed E-state index contributed by atoms with van der Waals surface area (Å²) in [6.07, 6.45) is 0.0973. The summed E-state index contributed by atoms with van der Waals surface area (Å²) in [5.41, 5.74) is 2.12. The summed E-state index contributed by atoms with van der Waals surface area (Å²) in [5.74, 6) is -0.440. The van der Waals surface area contributed by atoms with Gasteiger partial charge in [0.05, 0.1) is 17.4 Å². The number of hydrogen-bond donors (Lipinski definition) is 3. The Morgan fingerprint density at radius 2 is 1.47 bits per heavy atom. The monoisotopic (exact) mass is 432 g/mol. The predicted molar refractivity (Wildman–Crippen MR) is 122 cm³/mol. The van der Waals surface area contributed by atoms with Crippen molar-refractivity contribution in [1.82, 2.24) is 10.6 Å². The van der Waals surface area contributed by atoms with Crippen LogP contribution in [0.2, 0.25) is 0 Å². The Bertz CT molecular complexity index is 1040. The van der Waals surface area contributed by atoms with Crippen LogP contribution in [0.15, 0.2) is 84.9 Å². The third kappa shape index (κ3) is 6.66. The smallest absolute Gasteiger partial charge is 0.269 e. The highest BCUT2D eigenvalue weighted by atomic mass is 16.6. The first-order valence-electron chi connectivity index (χ1n) is 10.2. The quantitative estimate of drug-likeness (QED) is 0.257. The van der Waals surface area contributed by atoms with Crippen molar-refractivity contribution in [2.75, 3.05) is 18.4 Å². The van der Waals surface area contributed by atoms with Crippen LogP contribution in [0.4, 0.5) is 11.4 Å². The lowest BCUT2D eigenvalue weighted by Crippen LogP contribution is -2.35. The van der Waals surface area contributed by atoms with E-state index in [4.69, 9.17) is 0 Å². The molecule has 0 fully saturated rings. The maximum atomic E-state index is 12.6. The number of carbonyl (C=O) groups excluding carboxylic acids is 2. The molecule has 32 heavy (non-hydrogen) atoms. The molecule has 1 unspecified atom stereocenters. The second-order valence-electron chi connectivity index (χ2n) is 7.09. The van der Waals surface area contributed by atoms with Gasteiger partial charge in [0.1, 0.15) is 0 Å². The van der Waals surface area contributed by atoms with Crippen molar-refractivity contribution >= 4 is 23.2 Å². The second-order valence-corrected chi connectivity index (χ2v) is 7.09. The van der Waals surface area contributed by atoms with Crippen LogP contribution in [0.25, 0.3) is 0 Å². The van der Waals surface area contributed by atoms with Crippen LogP contribution in [-0.2, 0) is 4.79 Å². The largest absolute Gasteiger partial charge is 0.383 e. The molecule has 0 saturated heterocycles. The van der Waals surface area contributed by atoms with E-state index in [-0.39, 0.29) is 23.9 Å². The number of nitrogens with zero attached hydrogens (tertiary/aromatic N) is 1. The molecule has 0 spiro atoms. The van der Waals surface area contributed by atoms with Gasteiger partial charge in [-0.1, -0.05) is 48.5 Å². The molecule has 0 aromatic heterocycles. The van der Waals surface area contributed by atoms with Gasteiger partial charge in [-0.15, -0.1) is 0 Å². The fourth-order valence-electron chi connectivity index (χ4n) is 3.14. The van der Waals surface area contributed by atoms with Gasteiger partial charge >= 0.3 is 0 Å². The Balaban J connectivity index is 1.52. The molecule has 0 bridgehead atoms. The van der Waals surface area contributed by atoms with Gasteiger partial charge in [0, 0.05) is 36.5 Å². The first kappa shape index (κ1) is 22.5. The minimum atomic E-state index is -0.466. The Kier molecular flexibility index (Phi) is 7.91. The lowest BCUT2D eigenvalue weighted by atomic mass is 10.0. The zero-order valence-electron chi connectivity index (χ0n) is 17.4. The first-order valence-corrected chi connectivity index (χ1v) is 10.2. The minimum absolute atomic E-state index is 0.0216. The lowest BCUT2D eigenvalue weighted by Gasteiger charge is -2.19. The molecule has 2 amide bonds. The molecule has 164 valence electrons. The summed E-state index contributed by atoms with van der Waals surface area (Å²) in [5, 5.41) is 19.6. The molecule has 0 aliphatic heterocycles. The van der Waals surface area contributed by atoms with Crippen molar-refractivity contribution in [2.45, 2.75) is 12.5 Å². The van der Waals surface area contributed by atoms with Crippen LogP contribution in [0.5, 0.6) is 0 Å². The van der Waals surface area contributed by atoms with E-state index in [0.717, 1.165) is 11.3 Å². The number of rotatable bonds is 10. The van der Waals surface area contributed by atoms with E-state index in [1.54, 1.807) is 36.4 Å². The number of carbonyl (C=O) groups is 2. The SMILES string of the molecule is O=C(CC(NC(=O)c1ccccc1)c1ccccc1)NCCNc1ccc([N+](=O)[O-])cc1. The fourth-order valence-corrected chi connectivity index (χ4v) is 3.14. The van der Waals surface area contributed by atoms with Gasteiger partial charge in [0.2, 0.25) is 5.91 Å². The van der Waals surface area contributed by atoms with Crippen molar-refractivity contribution in [3.63, 3.8) is 0 Å². The fraction of sp³-hybridized carbons (Fsp3) is 0.167. The second kappa shape index (κ2) is 11.3. The highest BCUT2D eigenvalue weighted by Gasteiger charge is 2.19. The van der Waals surface area contributed by atoms with E-state index in [9.17, 15) is 19.7 Å². The number of benzene rings is 3. The molecule has 0 heterocycles. The molecule has 8 nitrogen and oxygen atoms in total. The van der Waals surface area contributed by atoms with Gasteiger partial charge in [-0.3, -0.25) is 19.7 Å². The summed E-state index contributed by atoms with van der Waals surface area (Å²) in [6, 6.07) is 23.8. The molecule has 0 aliphatic carbocycles. The van der Waals surface area contributed by atoms with Crippen molar-refractivity contribution in [1.29, 1.82) is 0 Å². The van der Waals surface area contributed by atoms with Crippen molar-refractivity contribution in [3.05, 3.63) is 106 Å². The minimum Gasteiger partial charge on any atom is -0.383 e. The van der Waals surface area contributed by atoms with E-state index in [2.05, 4.69) is 16.0 Å². The summed E-state index contributed by atoms with van der Waals surface area (Å²) in [7, 11) is 0. The summed E-state index contributed by atoms with van der Waals surface area (Å²) < 4.78 is 0. The van der Waals surface area contributed by atoms with Gasteiger partial charge in [0.15, 0.2) is 0 Å². The molecule has 0 radical (unpaired) electrons. The molecule has 1 atom stereocenters. The summed E-state index contributed by atoms with van der Waals surface area (Å²) >= 11 is 0. The number of anilines is 1. The number of non-ortho nitro benzene ring substituents is 1. The van der Waals surface area contributed by atoms with Crippen LogP contribution in [0.1, 0.15) is 28.4 Å². The van der Waals surface area contributed by atoms with E-state index >= 15 is 0 Å². The first-order chi connectivity index (χ1) is 15.5. The molecule has 3 aromatic rings. The standard InChI is InChI=1S/C24H24N4O4/c29-23(26-16-15-25-20-11-13-21(14-12-20)28(31)32)17-22(18-7-3-1-4-8-18)27-24(30)19-9-5-2-6-10-19/h1-14,22,25H,15-17H2,(H,26,29)(H,27,30). The van der Waals surface area contributed by atoms with Gasteiger partial charge in [0.25, 0.3) is 11.6 Å². The Morgan fingerprint density at radius 1 is 0.844 bits per heavy atom. The van der Waals surface area contributed by atoms with Crippen molar-refractivity contribution < 1.29 is 14.5 Å². The van der Waals surface area contributed by atoms with Crippen LogP contribution in [-0.4, -0.2) is 29.8 Å². The van der Waals surface area contributed by atoms with Crippen LogP contribution in [0, 0.1) is 10.1 Å². The van der Waals surface area contributed by atoms with Gasteiger partial charge in [-0.2, -0.15) is 0 Å². The predicted octanol–water partition coefficient (Wildman–Crippen LogP) is 3.68. The number of nitrogens with one attached hydrogen (secondary N) is 3. The molecular weight excluding hydrogens is 408 g/mol. The highest BCUT2D eigenvalue weighted by Crippen LogP contribution is 2.18. The van der Waals surface area contributed by atoms with E-state index in [1.807, 2.05) is 36.4 Å². The third-order valence-electron chi connectivity index (χ3n) is 4.79. The normalized spacial score (nSPS) is 11.2. The molecule has 3 aromatic carbocycles. The molecular formula is C24H24N4O4. The number of amides is 2. The molecule has 8 heteroatoms. The third-order valence-corrected chi connectivity index (χ3v) is 4.79. The topological polar surface area (TPSA) is 113 Å². The number of nitro benzene ring substituents is 1. The maximum absolute atomic E-state index is 12.6. The van der Waals surface area contributed by atoms with Crippen LogP contribution >= 0.6 is 0 Å². The highest BCUT2D eigenvalue weighted by molar-refractivity contribution is 5.94.